The van der Waals surface area contributed by atoms with Gasteiger partial charge in [0.15, 0.2) is 0 Å². The number of amides is 4. The first-order chi connectivity index (χ1) is 22.2. The number of alkyl carbamates (subject to hydrolysis) is 1. The predicted molar refractivity (Wildman–Crippen MR) is 170 cm³/mol. The molecule has 5 atom stereocenters. The van der Waals surface area contributed by atoms with Crippen molar-refractivity contribution in [2.75, 3.05) is 6.54 Å². The summed E-state index contributed by atoms with van der Waals surface area (Å²) in [4.78, 5) is 68.7. The van der Waals surface area contributed by atoms with Gasteiger partial charge >= 0.3 is 12.1 Å². The molecule has 14 heteroatoms. The summed E-state index contributed by atoms with van der Waals surface area (Å²) < 4.78 is 38.7. The average molecular weight is 673 g/mol. The summed E-state index contributed by atoms with van der Waals surface area (Å²) in [6, 6.07) is 6.12. The summed E-state index contributed by atoms with van der Waals surface area (Å²) in [6.07, 6.45) is 6.27. The van der Waals surface area contributed by atoms with Crippen LogP contribution in [-0.4, -0.2) is 84.2 Å². The third-order valence-electron chi connectivity index (χ3n) is 8.82. The van der Waals surface area contributed by atoms with Crippen molar-refractivity contribution in [3.63, 3.8) is 0 Å². The lowest BCUT2D eigenvalue weighted by Crippen LogP contribution is -2.58. The number of ether oxygens (including phenoxy) is 2. The smallest absolute Gasteiger partial charge is 0.408 e. The van der Waals surface area contributed by atoms with E-state index in [4.69, 9.17) is 9.47 Å². The number of esters is 1. The van der Waals surface area contributed by atoms with E-state index in [1.54, 1.807) is 51.1 Å². The van der Waals surface area contributed by atoms with E-state index < -0.39 is 80.3 Å². The molecule has 4 aliphatic rings. The fraction of sp³-hybridized carbons (Fsp3) is 0.606. The number of sulfonamides is 1. The molecule has 3 fully saturated rings. The van der Waals surface area contributed by atoms with E-state index in [0.717, 1.165) is 12.8 Å². The number of benzene rings is 1. The summed E-state index contributed by atoms with van der Waals surface area (Å²) in [5.74, 6) is -3.11. The van der Waals surface area contributed by atoms with E-state index in [2.05, 4.69) is 15.4 Å². The summed E-state index contributed by atoms with van der Waals surface area (Å²) >= 11 is 0. The number of fused-ring (bicyclic) bond motifs is 2. The van der Waals surface area contributed by atoms with Crippen LogP contribution in [-0.2, 0) is 33.9 Å². The highest BCUT2D eigenvalue weighted by atomic mass is 32.2. The molecule has 2 saturated carbocycles. The second-order valence-corrected chi connectivity index (χ2v) is 15.8. The van der Waals surface area contributed by atoms with Crippen LogP contribution in [0.2, 0.25) is 0 Å². The first kappa shape index (κ1) is 34.4. The third-order valence-corrected chi connectivity index (χ3v) is 10.6. The minimum absolute atomic E-state index is 0.0616. The standard InChI is InChI=1S/C33H44N4O9S/c1-32(2,3)46-31(42)34-25-15-11-6-4-5-10-14-22-19-33(22,30(41)36-47(43,44)24-16-17-24)35-27(38)26-18-23(20-37(26)28(25)39)45-29(40)21-12-8-7-9-13-21/h7-10,12-14,22-26H,4-6,11,15-20H2,1-3H3,(H,34,42)(H,35,38)(H,36,41)/b14-10-/t22-,23-,25+,26+,33-/m1/s1. The molecule has 2 aliphatic carbocycles. The van der Waals surface area contributed by atoms with E-state index in [-0.39, 0.29) is 25.8 Å². The van der Waals surface area contributed by atoms with Crippen molar-refractivity contribution in [1.29, 1.82) is 0 Å². The van der Waals surface area contributed by atoms with Crippen molar-refractivity contribution in [3.05, 3.63) is 48.0 Å². The van der Waals surface area contributed by atoms with Gasteiger partial charge in [-0.25, -0.2) is 18.0 Å². The Kier molecular flexibility index (Phi) is 9.99. The minimum Gasteiger partial charge on any atom is -0.457 e. The topological polar surface area (TPSA) is 177 Å². The molecule has 0 aromatic heterocycles. The highest BCUT2D eigenvalue weighted by Gasteiger charge is 2.62. The molecule has 2 aliphatic heterocycles. The number of rotatable bonds is 6. The number of carbonyl (C=O) groups excluding carboxylic acids is 5. The van der Waals surface area contributed by atoms with E-state index in [1.807, 2.05) is 12.2 Å². The van der Waals surface area contributed by atoms with Crippen LogP contribution >= 0.6 is 0 Å². The van der Waals surface area contributed by atoms with Crippen LogP contribution in [0.5, 0.6) is 0 Å². The van der Waals surface area contributed by atoms with Gasteiger partial charge < -0.3 is 25.0 Å². The molecule has 5 rings (SSSR count). The van der Waals surface area contributed by atoms with Crippen molar-refractivity contribution in [1.82, 2.24) is 20.3 Å². The Labute approximate surface area is 275 Å². The fourth-order valence-corrected chi connectivity index (χ4v) is 7.45. The Morgan fingerprint density at radius 3 is 2.43 bits per heavy atom. The Balaban J connectivity index is 1.42. The van der Waals surface area contributed by atoms with E-state index in [0.29, 0.717) is 31.2 Å². The number of carbonyl (C=O) groups is 5. The lowest BCUT2D eigenvalue weighted by molar-refractivity contribution is -0.141. The Morgan fingerprint density at radius 2 is 1.74 bits per heavy atom. The quantitative estimate of drug-likeness (QED) is 0.303. The molecule has 2 heterocycles. The Morgan fingerprint density at radius 1 is 1.02 bits per heavy atom. The number of allylic oxidation sites excluding steroid dienone is 1. The highest BCUT2D eigenvalue weighted by molar-refractivity contribution is 7.91. The van der Waals surface area contributed by atoms with Crippen molar-refractivity contribution in [2.45, 2.75) is 113 Å². The van der Waals surface area contributed by atoms with Gasteiger partial charge in [-0.3, -0.25) is 19.1 Å². The molecule has 1 saturated heterocycles. The number of hydrogen-bond acceptors (Lipinski definition) is 9. The average Bonchev–Trinajstić information content (AvgIpc) is 3.92. The molecule has 4 amide bonds. The summed E-state index contributed by atoms with van der Waals surface area (Å²) in [5, 5.41) is 4.83. The SMILES string of the molecule is CC(C)(C)OC(=O)N[C@H]1CCCCC/C=C\[C@@H]2C[C@@]2(C(=O)NS(=O)(=O)C2CC2)NC(=O)[C@@H]2C[C@@H](OC(=O)c3ccccc3)CN2C1=O. The van der Waals surface area contributed by atoms with Gasteiger partial charge in [0.05, 0.1) is 17.4 Å². The molecule has 0 bridgehead atoms. The number of hydrogen-bond donors (Lipinski definition) is 3. The first-order valence-electron chi connectivity index (χ1n) is 16.3. The van der Waals surface area contributed by atoms with Crippen LogP contribution < -0.4 is 15.4 Å². The van der Waals surface area contributed by atoms with Gasteiger partial charge in [0.25, 0.3) is 5.91 Å². The monoisotopic (exact) mass is 672 g/mol. The molecule has 1 aromatic rings. The van der Waals surface area contributed by atoms with Crippen LogP contribution in [0.15, 0.2) is 42.5 Å². The van der Waals surface area contributed by atoms with Gasteiger partial charge in [-0.2, -0.15) is 0 Å². The number of nitrogens with one attached hydrogen (secondary N) is 3. The molecule has 13 nitrogen and oxygen atoms in total. The van der Waals surface area contributed by atoms with Crippen LogP contribution in [0.25, 0.3) is 0 Å². The normalized spacial score (nSPS) is 29.1. The zero-order chi connectivity index (χ0) is 34.0. The van der Waals surface area contributed by atoms with Gasteiger partial charge in [-0.05, 0) is 71.4 Å². The molecule has 0 unspecified atom stereocenters. The maximum atomic E-state index is 14.2. The van der Waals surface area contributed by atoms with Gasteiger partial charge in [0, 0.05) is 12.3 Å². The number of nitrogens with zero attached hydrogens (tertiary/aromatic N) is 1. The zero-order valence-electron chi connectivity index (χ0n) is 27.0. The Bertz CT molecular complexity index is 1520. The van der Waals surface area contributed by atoms with Crippen LogP contribution in [0.3, 0.4) is 0 Å². The van der Waals surface area contributed by atoms with Crippen molar-refractivity contribution < 1.29 is 41.9 Å². The molecule has 0 radical (unpaired) electrons. The van der Waals surface area contributed by atoms with Crippen LogP contribution in [0.1, 0.15) is 88.9 Å². The zero-order valence-corrected chi connectivity index (χ0v) is 27.8. The van der Waals surface area contributed by atoms with Crippen LogP contribution in [0, 0.1) is 5.92 Å². The molecular weight excluding hydrogens is 628 g/mol. The van der Waals surface area contributed by atoms with Gasteiger partial charge in [0.2, 0.25) is 21.8 Å². The lowest BCUT2D eigenvalue weighted by Gasteiger charge is -2.30. The minimum atomic E-state index is -3.89. The highest BCUT2D eigenvalue weighted by Crippen LogP contribution is 2.46. The second-order valence-electron chi connectivity index (χ2n) is 13.8. The molecular formula is C33H44N4O9S. The van der Waals surface area contributed by atoms with E-state index >= 15 is 0 Å². The van der Waals surface area contributed by atoms with E-state index in [1.165, 1.54) is 4.90 Å². The molecule has 47 heavy (non-hydrogen) atoms. The summed E-state index contributed by atoms with van der Waals surface area (Å²) in [7, 11) is -3.89. The van der Waals surface area contributed by atoms with Crippen LogP contribution in [0.4, 0.5) is 4.79 Å². The largest absolute Gasteiger partial charge is 0.457 e. The van der Waals surface area contributed by atoms with Crippen molar-refractivity contribution in [3.8, 4) is 0 Å². The molecule has 0 spiro atoms. The first-order valence-corrected chi connectivity index (χ1v) is 17.8. The molecule has 256 valence electrons. The lowest BCUT2D eigenvalue weighted by atomic mass is 10.0. The summed E-state index contributed by atoms with van der Waals surface area (Å²) in [5.41, 5.74) is -2.02. The van der Waals surface area contributed by atoms with Gasteiger partial charge in [0.1, 0.15) is 29.3 Å². The second kappa shape index (κ2) is 13.7. The maximum absolute atomic E-state index is 14.2. The Hall–Kier alpha value is -3.94. The fourth-order valence-electron chi connectivity index (χ4n) is 6.09. The van der Waals surface area contributed by atoms with E-state index in [9.17, 15) is 32.4 Å². The molecule has 1 aromatic carbocycles. The molecule has 3 N–H and O–H groups in total. The third kappa shape index (κ3) is 8.51. The van der Waals surface area contributed by atoms with Gasteiger partial charge in [-0.15, -0.1) is 0 Å². The predicted octanol–water partition coefficient (Wildman–Crippen LogP) is 2.71. The summed E-state index contributed by atoms with van der Waals surface area (Å²) in [6.45, 7) is 4.99. The maximum Gasteiger partial charge on any atom is 0.408 e. The van der Waals surface area contributed by atoms with Crippen molar-refractivity contribution in [2.24, 2.45) is 5.92 Å². The van der Waals surface area contributed by atoms with Gasteiger partial charge in [-0.1, -0.05) is 43.2 Å². The van der Waals surface area contributed by atoms with Crippen molar-refractivity contribution >= 4 is 39.8 Å².